The maximum Gasteiger partial charge on any atom is 0.263 e. The van der Waals surface area contributed by atoms with Crippen LogP contribution in [-0.2, 0) is 17.6 Å². The minimum atomic E-state index is 0.0462. The fourth-order valence-corrected chi connectivity index (χ4v) is 5.56. The number of nitrogens with zero attached hydrogens (tertiary/aromatic N) is 3. The average Bonchev–Trinajstić information content (AvgIpc) is 3.16. The number of rotatable bonds is 3. The second kappa shape index (κ2) is 8.19. The molecule has 1 saturated heterocycles. The first kappa shape index (κ1) is 20.0. The molecule has 2 aliphatic rings. The third-order valence-corrected chi connectivity index (χ3v) is 7.23. The predicted octanol–water partition coefficient (Wildman–Crippen LogP) is 3.21. The molecule has 1 aromatic carbocycles. The van der Waals surface area contributed by atoms with Crippen LogP contribution in [0.5, 0.6) is 0 Å². The monoisotopic (exact) mass is 411 g/mol. The first-order valence-electron chi connectivity index (χ1n) is 10.4. The minimum absolute atomic E-state index is 0.0462. The predicted molar refractivity (Wildman–Crippen MR) is 118 cm³/mol. The molecule has 1 fully saturated rings. The van der Waals surface area contributed by atoms with Gasteiger partial charge in [0.1, 0.15) is 0 Å². The van der Waals surface area contributed by atoms with E-state index in [0.717, 1.165) is 50.3 Å². The second-order valence-corrected chi connectivity index (χ2v) is 9.49. The molecule has 29 heavy (non-hydrogen) atoms. The molecule has 1 aliphatic heterocycles. The number of thiophene rings is 1. The van der Waals surface area contributed by atoms with E-state index in [9.17, 15) is 9.59 Å². The number of anilines is 1. The van der Waals surface area contributed by atoms with E-state index < -0.39 is 0 Å². The number of fused-ring (bicyclic) bond motifs is 1. The van der Waals surface area contributed by atoms with Gasteiger partial charge in [0.2, 0.25) is 5.91 Å². The fourth-order valence-electron chi connectivity index (χ4n) is 4.33. The van der Waals surface area contributed by atoms with Gasteiger partial charge in [0.25, 0.3) is 5.91 Å². The molecule has 2 heterocycles. The van der Waals surface area contributed by atoms with Gasteiger partial charge in [0, 0.05) is 56.8 Å². The van der Waals surface area contributed by atoms with Crippen molar-refractivity contribution < 1.29 is 9.59 Å². The highest BCUT2D eigenvalue weighted by atomic mass is 32.1. The summed E-state index contributed by atoms with van der Waals surface area (Å²) in [5.41, 5.74) is 3.71. The van der Waals surface area contributed by atoms with E-state index in [1.165, 1.54) is 21.7 Å². The maximum atomic E-state index is 13.1. The van der Waals surface area contributed by atoms with E-state index in [1.54, 1.807) is 30.3 Å². The highest BCUT2D eigenvalue weighted by Crippen LogP contribution is 2.34. The van der Waals surface area contributed by atoms with Gasteiger partial charge in [-0.15, -0.1) is 11.3 Å². The lowest BCUT2D eigenvalue weighted by atomic mass is 9.87. The van der Waals surface area contributed by atoms with E-state index in [2.05, 4.69) is 36.1 Å². The van der Waals surface area contributed by atoms with Gasteiger partial charge in [-0.1, -0.05) is 12.1 Å². The van der Waals surface area contributed by atoms with Gasteiger partial charge in [-0.3, -0.25) is 9.59 Å². The van der Waals surface area contributed by atoms with Crippen LogP contribution >= 0.6 is 11.3 Å². The SMILES string of the molecule is Cc1cccc(N2CCN(C(=O)C3CCc4sc(C(=O)N(C)C)cc4C3)CC2)c1. The summed E-state index contributed by atoms with van der Waals surface area (Å²) in [5.74, 6) is 0.385. The average molecular weight is 412 g/mol. The van der Waals surface area contributed by atoms with Crippen molar-refractivity contribution in [3.05, 3.63) is 51.2 Å². The van der Waals surface area contributed by atoms with Crippen molar-refractivity contribution >= 4 is 28.8 Å². The summed E-state index contributed by atoms with van der Waals surface area (Å²) < 4.78 is 0. The number of hydrogen-bond donors (Lipinski definition) is 0. The molecule has 0 saturated carbocycles. The van der Waals surface area contributed by atoms with Crippen molar-refractivity contribution in [3.8, 4) is 0 Å². The third kappa shape index (κ3) is 4.17. The Bertz CT molecular complexity index is 913. The van der Waals surface area contributed by atoms with Gasteiger partial charge >= 0.3 is 0 Å². The van der Waals surface area contributed by atoms with Gasteiger partial charge in [-0.25, -0.2) is 0 Å². The normalized spacial score (nSPS) is 19.1. The smallest absolute Gasteiger partial charge is 0.263 e. The number of piperazine rings is 1. The van der Waals surface area contributed by atoms with Gasteiger partial charge in [-0.2, -0.15) is 0 Å². The fraction of sp³-hybridized carbons (Fsp3) is 0.478. The van der Waals surface area contributed by atoms with Crippen molar-refractivity contribution in [2.75, 3.05) is 45.2 Å². The number of carbonyl (C=O) groups is 2. The first-order chi connectivity index (χ1) is 13.9. The van der Waals surface area contributed by atoms with Crippen LogP contribution in [0.1, 0.15) is 32.1 Å². The van der Waals surface area contributed by atoms with Crippen LogP contribution in [0, 0.1) is 12.8 Å². The molecule has 2 amide bonds. The van der Waals surface area contributed by atoms with E-state index in [-0.39, 0.29) is 17.7 Å². The molecule has 154 valence electrons. The number of carbonyl (C=O) groups excluding carboxylic acids is 2. The molecule has 0 N–H and O–H groups in total. The Hall–Kier alpha value is -2.34. The molecule has 0 radical (unpaired) electrons. The van der Waals surface area contributed by atoms with Crippen LogP contribution in [0.2, 0.25) is 0 Å². The molecular weight excluding hydrogens is 382 g/mol. The summed E-state index contributed by atoms with van der Waals surface area (Å²) in [7, 11) is 3.56. The van der Waals surface area contributed by atoms with Crippen LogP contribution in [0.4, 0.5) is 5.69 Å². The molecule has 5 nitrogen and oxygen atoms in total. The number of aryl methyl sites for hydroxylation is 2. The lowest BCUT2D eigenvalue weighted by molar-refractivity contribution is -0.136. The summed E-state index contributed by atoms with van der Waals surface area (Å²) in [4.78, 5) is 33.5. The van der Waals surface area contributed by atoms with Gasteiger partial charge in [0.05, 0.1) is 4.88 Å². The molecule has 0 spiro atoms. The van der Waals surface area contributed by atoms with Crippen molar-refractivity contribution in [3.63, 3.8) is 0 Å². The molecule has 1 atom stereocenters. The zero-order valence-electron chi connectivity index (χ0n) is 17.5. The Morgan fingerprint density at radius 2 is 1.86 bits per heavy atom. The Balaban J connectivity index is 1.37. The zero-order chi connectivity index (χ0) is 20.5. The summed E-state index contributed by atoms with van der Waals surface area (Å²) in [5, 5.41) is 0. The zero-order valence-corrected chi connectivity index (χ0v) is 18.3. The Kier molecular flexibility index (Phi) is 5.63. The van der Waals surface area contributed by atoms with E-state index in [1.807, 2.05) is 11.0 Å². The largest absolute Gasteiger partial charge is 0.368 e. The number of benzene rings is 1. The first-order valence-corrected chi connectivity index (χ1v) is 11.2. The highest BCUT2D eigenvalue weighted by Gasteiger charge is 2.32. The van der Waals surface area contributed by atoms with Crippen LogP contribution in [-0.4, -0.2) is 61.9 Å². The Morgan fingerprint density at radius 3 is 2.55 bits per heavy atom. The lowest BCUT2D eigenvalue weighted by Crippen LogP contribution is -2.51. The van der Waals surface area contributed by atoms with Gasteiger partial charge in [-0.05, 0) is 55.5 Å². The quantitative estimate of drug-likeness (QED) is 0.779. The van der Waals surface area contributed by atoms with E-state index in [4.69, 9.17) is 0 Å². The van der Waals surface area contributed by atoms with Crippen molar-refractivity contribution in [1.82, 2.24) is 9.80 Å². The summed E-state index contributed by atoms with van der Waals surface area (Å²) in [6, 6.07) is 10.6. The van der Waals surface area contributed by atoms with E-state index >= 15 is 0 Å². The summed E-state index contributed by atoms with van der Waals surface area (Å²) in [6.07, 6.45) is 2.56. The minimum Gasteiger partial charge on any atom is -0.368 e. The van der Waals surface area contributed by atoms with Crippen LogP contribution < -0.4 is 4.90 Å². The lowest BCUT2D eigenvalue weighted by Gasteiger charge is -2.38. The van der Waals surface area contributed by atoms with E-state index in [0.29, 0.717) is 0 Å². The third-order valence-electron chi connectivity index (χ3n) is 6.01. The molecule has 2 aromatic rings. The molecule has 4 rings (SSSR count). The van der Waals surface area contributed by atoms with Crippen LogP contribution in [0.15, 0.2) is 30.3 Å². The van der Waals surface area contributed by atoms with Crippen molar-refractivity contribution in [1.29, 1.82) is 0 Å². The maximum absolute atomic E-state index is 13.1. The molecule has 1 unspecified atom stereocenters. The molecule has 6 heteroatoms. The van der Waals surface area contributed by atoms with Gasteiger partial charge < -0.3 is 14.7 Å². The second-order valence-electron chi connectivity index (χ2n) is 8.35. The summed E-state index contributed by atoms with van der Waals surface area (Å²) in [6.45, 7) is 5.44. The topological polar surface area (TPSA) is 43.9 Å². The molecule has 1 aliphatic carbocycles. The van der Waals surface area contributed by atoms with Crippen molar-refractivity contribution in [2.24, 2.45) is 5.92 Å². The number of amides is 2. The van der Waals surface area contributed by atoms with Crippen LogP contribution in [0.3, 0.4) is 0 Å². The molecule has 0 bridgehead atoms. The Morgan fingerprint density at radius 1 is 1.10 bits per heavy atom. The van der Waals surface area contributed by atoms with Crippen molar-refractivity contribution in [2.45, 2.75) is 26.2 Å². The number of hydrogen-bond acceptors (Lipinski definition) is 4. The summed E-state index contributed by atoms with van der Waals surface area (Å²) >= 11 is 1.60. The Labute approximate surface area is 176 Å². The van der Waals surface area contributed by atoms with Gasteiger partial charge in [0.15, 0.2) is 0 Å². The van der Waals surface area contributed by atoms with Crippen LogP contribution in [0.25, 0.3) is 0 Å². The molecule has 1 aromatic heterocycles. The highest BCUT2D eigenvalue weighted by molar-refractivity contribution is 7.14. The molecular formula is C23H29N3O2S. The standard InChI is InChI=1S/C23H29N3O2S/c1-16-5-4-6-19(13-16)25-9-11-26(12-10-25)22(27)17-7-8-20-18(14-17)15-21(29-20)23(28)24(2)3/h4-6,13,15,17H,7-12,14H2,1-3H3.